The van der Waals surface area contributed by atoms with Gasteiger partial charge < -0.3 is 0 Å². The van der Waals surface area contributed by atoms with Crippen LogP contribution in [0.5, 0.6) is 0 Å². The molecule has 1 aromatic rings. The summed E-state index contributed by atoms with van der Waals surface area (Å²) in [5, 5.41) is 0. The van der Waals surface area contributed by atoms with Crippen molar-refractivity contribution in [1.82, 2.24) is 3.87 Å². The fourth-order valence-electron chi connectivity index (χ4n) is 1.36. The monoisotopic (exact) mass is 635 g/mol. The highest BCUT2D eigenvalue weighted by molar-refractivity contribution is 14.1. The highest BCUT2D eigenvalue weighted by Crippen LogP contribution is 2.39. The van der Waals surface area contributed by atoms with Crippen LogP contribution in [0, 0.1) is 26.8 Å². The van der Waals surface area contributed by atoms with E-state index in [1.807, 2.05) is 9.24 Å². The standard InChI is InChI=1S/C9H8F4I2NO5PS2/c1-9(15,22)24(19,20)16(21-2)23(17,18)8-6(13)4(11)3(10)5(12)7(8)14/h22H2,1-2H3. The number of halogens is 6. The van der Waals surface area contributed by atoms with Gasteiger partial charge in [-0.15, -0.1) is 9.24 Å². The van der Waals surface area contributed by atoms with Crippen molar-refractivity contribution >= 4 is 74.5 Å². The lowest BCUT2D eigenvalue weighted by Gasteiger charge is -2.26. The third-order valence-corrected chi connectivity index (χ3v) is 10.6. The molecule has 0 fully saturated rings. The molecule has 0 spiro atoms. The maximum atomic E-state index is 13.9. The predicted molar refractivity (Wildman–Crippen MR) is 96.1 cm³/mol. The molecule has 0 heterocycles. The zero-order valence-electron chi connectivity index (χ0n) is 11.7. The van der Waals surface area contributed by atoms with Crippen molar-refractivity contribution in [3.8, 4) is 0 Å². The molecule has 6 nitrogen and oxygen atoms in total. The lowest BCUT2D eigenvalue weighted by Crippen LogP contribution is -2.43. The summed E-state index contributed by atoms with van der Waals surface area (Å²) in [4.78, 5) is 2.61. The lowest BCUT2D eigenvalue weighted by atomic mass is 10.3. The molecule has 24 heavy (non-hydrogen) atoms. The van der Waals surface area contributed by atoms with E-state index in [2.05, 4.69) is 4.84 Å². The minimum atomic E-state index is -5.44. The second-order valence-corrected chi connectivity index (χ2v) is 15.1. The van der Waals surface area contributed by atoms with Gasteiger partial charge in [-0.1, -0.05) is 22.6 Å². The third-order valence-electron chi connectivity index (χ3n) is 2.47. The first-order valence-electron chi connectivity index (χ1n) is 5.45. The first-order valence-corrected chi connectivity index (χ1v) is 11.1. The Morgan fingerprint density at radius 1 is 1.04 bits per heavy atom. The number of sulfonamides is 2. The number of hydrogen-bond acceptors (Lipinski definition) is 5. The first kappa shape index (κ1) is 22.7. The summed E-state index contributed by atoms with van der Waals surface area (Å²) in [6, 6.07) is 0. The van der Waals surface area contributed by atoms with Gasteiger partial charge in [0.05, 0.1) is 10.7 Å². The number of hydrogen-bond donors (Lipinski definition) is 0. The van der Waals surface area contributed by atoms with Crippen LogP contribution in [0.15, 0.2) is 4.90 Å². The molecule has 0 aliphatic rings. The first-order chi connectivity index (χ1) is 10.6. The van der Waals surface area contributed by atoms with Crippen molar-refractivity contribution < 1.29 is 39.2 Å². The number of nitrogens with zero attached hydrogens (tertiary/aromatic N) is 1. The molecule has 0 aliphatic heterocycles. The Balaban J connectivity index is 3.86. The van der Waals surface area contributed by atoms with Crippen molar-refractivity contribution in [2.75, 3.05) is 7.11 Å². The number of alkyl halides is 1. The highest BCUT2D eigenvalue weighted by Gasteiger charge is 2.48. The summed E-state index contributed by atoms with van der Waals surface area (Å²) in [6.07, 6.45) is 0. The highest BCUT2D eigenvalue weighted by atomic mass is 127. The Labute approximate surface area is 164 Å². The van der Waals surface area contributed by atoms with E-state index in [-0.39, 0.29) is 0 Å². The second kappa shape index (κ2) is 7.34. The molecule has 0 bridgehead atoms. The fourth-order valence-corrected chi connectivity index (χ4v) is 7.31. The third kappa shape index (κ3) is 3.69. The average Bonchev–Trinajstić information content (AvgIpc) is 2.41. The van der Waals surface area contributed by atoms with E-state index in [1.165, 1.54) is 22.6 Å². The van der Waals surface area contributed by atoms with Crippen molar-refractivity contribution in [3.05, 3.63) is 26.8 Å². The van der Waals surface area contributed by atoms with Gasteiger partial charge >= 0.3 is 0 Å². The van der Waals surface area contributed by atoms with Gasteiger partial charge in [0.1, 0.15) is 4.90 Å². The van der Waals surface area contributed by atoms with Gasteiger partial charge in [-0.05, 0) is 29.5 Å². The van der Waals surface area contributed by atoms with E-state index in [9.17, 15) is 34.4 Å². The Morgan fingerprint density at radius 3 is 1.83 bits per heavy atom. The maximum absolute atomic E-state index is 13.9. The quantitative estimate of drug-likeness (QED) is 0.0947. The summed E-state index contributed by atoms with van der Waals surface area (Å²) in [6.45, 7) is 1.07. The molecule has 2 atom stereocenters. The predicted octanol–water partition coefficient (Wildman–Crippen LogP) is 2.71. The molecule has 1 rings (SSSR count). The summed E-state index contributed by atoms with van der Waals surface area (Å²) in [5.74, 6) is -8.88. The van der Waals surface area contributed by atoms with Crippen LogP contribution in [0.1, 0.15) is 6.92 Å². The number of rotatable bonds is 5. The van der Waals surface area contributed by atoms with Gasteiger partial charge in [0.15, 0.2) is 25.8 Å². The summed E-state index contributed by atoms with van der Waals surface area (Å²) in [7, 11) is -7.78. The van der Waals surface area contributed by atoms with E-state index in [1.54, 1.807) is 0 Å². The van der Waals surface area contributed by atoms with Gasteiger partial charge in [0.2, 0.25) is 0 Å². The largest absolute Gasteiger partial charge is 0.283 e. The molecule has 2 unspecified atom stereocenters. The Morgan fingerprint density at radius 2 is 1.46 bits per heavy atom. The summed E-state index contributed by atoms with van der Waals surface area (Å²) >= 11 is 2.25. The van der Waals surface area contributed by atoms with Crippen LogP contribution in [-0.2, 0) is 24.9 Å². The Hall–Kier alpha value is 0.650. The van der Waals surface area contributed by atoms with Gasteiger partial charge in [-0.2, -0.15) is 0 Å². The molecule has 0 amide bonds. The zero-order valence-corrected chi connectivity index (χ0v) is 18.8. The molecule has 0 aliphatic carbocycles. The van der Waals surface area contributed by atoms with E-state index < -0.39 is 58.1 Å². The van der Waals surface area contributed by atoms with Crippen LogP contribution in [0.2, 0.25) is 0 Å². The Bertz CT molecular complexity index is 859. The molecule has 15 heteroatoms. The SMILES string of the molecule is CON(S(=O)(=O)c1c(F)c(F)c(F)c(F)c1I)S(=O)(=O)C(C)(P)I. The molecule has 0 N–H and O–H groups in total. The van der Waals surface area contributed by atoms with E-state index in [0.717, 1.165) is 29.5 Å². The van der Waals surface area contributed by atoms with Crippen molar-refractivity contribution in [2.45, 2.75) is 14.3 Å². The molecule has 0 radical (unpaired) electrons. The summed E-state index contributed by atoms with van der Waals surface area (Å²) in [5.41, 5.74) is 0. The van der Waals surface area contributed by atoms with Crippen LogP contribution in [0.4, 0.5) is 17.6 Å². The van der Waals surface area contributed by atoms with E-state index in [0.29, 0.717) is 7.11 Å². The van der Waals surface area contributed by atoms with Crippen molar-refractivity contribution in [2.24, 2.45) is 0 Å². The molecule has 0 aromatic heterocycles. The summed E-state index contributed by atoms with van der Waals surface area (Å²) < 4.78 is 99.9. The van der Waals surface area contributed by atoms with Crippen LogP contribution in [-0.4, -0.2) is 30.3 Å². The zero-order chi connectivity index (χ0) is 19.2. The van der Waals surface area contributed by atoms with Gasteiger partial charge in [-0.3, -0.25) is 4.84 Å². The van der Waals surface area contributed by atoms with E-state index in [4.69, 9.17) is 0 Å². The average molecular weight is 635 g/mol. The van der Waals surface area contributed by atoms with Gasteiger partial charge in [0.25, 0.3) is 20.0 Å². The number of benzene rings is 1. The maximum Gasteiger partial charge on any atom is 0.283 e. The van der Waals surface area contributed by atoms with Crippen LogP contribution in [0.3, 0.4) is 0 Å². The van der Waals surface area contributed by atoms with Crippen LogP contribution in [0.25, 0.3) is 0 Å². The minimum Gasteiger partial charge on any atom is -0.273 e. The minimum absolute atomic E-state index is 0.587. The molecule has 0 saturated heterocycles. The smallest absolute Gasteiger partial charge is 0.273 e. The Kier molecular flexibility index (Phi) is 6.94. The molecule has 138 valence electrons. The van der Waals surface area contributed by atoms with E-state index >= 15 is 0 Å². The molecular weight excluding hydrogens is 627 g/mol. The van der Waals surface area contributed by atoms with Crippen molar-refractivity contribution in [3.63, 3.8) is 0 Å². The molecule has 1 aromatic carbocycles. The second-order valence-electron chi connectivity index (χ2n) is 4.24. The van der Waals surface area contributed by atoms with Crippen LogP contribution >= 0.6 is 54.4 Å². The molecule has 0 saturated carbocycles. The topological polar surface area (TPSA) is 80.8 Å². The van der Waals surface area contributed by atoms with Gasteiger partial charge in [0, 0.05) is 3.87 Å². The van der Waals surface area contributed by atoms with Crippen molar-refractivity contribution in [1.29, 1.82) is 0 Å². The lowest BCUT2D eigenvalue weighted by molar-refractivity contribution is 0.0284. The van der Waals surface area contributed by atoms with Crippen LogP contribution < -0.4 is 0 Å². The fraction of sp³-hybridized carbons (Fsp3) is 0.333. The van der Waals surface area contributed by atoms with Gasteiger partial charge in [-0.25, -0.2) is 34.4 Å². The normalized spacial score (nSPS) is 15.6. The molecular formula is C9H8F4I2NO5PS2.